The zero-order chi connectivity index (χ0) is 17.7. The molecule has 5 heteroatoms. The van der Waals surface area contributed by atoms with Crippen molar-refractivity contribution in [1.29, 1.82) is 0 Å². The average Bonchev–Trinajstić information content (AvgIpc) is 3.32. The van der Waals surface area contributed by atoms with Crippen molar-refractivity contribution < 1.29 is 14.3 Å². The molecule has 2 heterocycles. The van der Waals surface area contributed by atoms with E-state index >= 15 is 0 Å². The van der Waals surface area contributed by atoms with E-state index in [1.807, 2.05) is 36.4 Å². The number of para-hydroxylation sites is 1. The van der Waals surface area contributed by atoms with Crippen molar-refractivity contribution in [2.75, 3.05) is 0 Å². The van der Waals surface area contributed by atoms with E-state index in [0.29, 0.717) is 30.2 Å². The summed E-state index contributed by atoms with van der Waals surface area (Å²) < 4.78 is 6.34. The van der Waals surface area contributed by atoms with Gasteiger partial charge in [-0.15, -0.1) is 0 Å². The molecule has 1 aromatic carbocycles. The van der Waals surface area contributed by atoms with Crippen molar-refractivity contribution >= 4 is 11.7 Å². The molecule has 26 heavy (non-hydrogen) atoms. The number of ether oxygens (including phenoxy) is 1. The third-order valence-corrected chi connectivity index (χ3v) is 6.13. The first kappa shape index (κ1) is 15.6. The van der Waals surface area contributed by atoms with E-state index in [-0.39, 0.29) is 23.5 Å². The monoisotopic (exact) mass is 348 g/mol. The van der Waals surface area contributed by atoms with Gasteiger partial charge in [0.05, 0.1) is 12.0 Å². The van der Waals surface area contributed by atoms with E-state index in [9.17, 15) is 9.59 Å². The summed E-state index contributed by atoms with van der Waals surface area (Å²) in [6, 6.07) is 11.2. The summed E-state index contributed by atoms with van der Waals surface area (Å²) in [6.07, 6.45) is 5.67. The Kier molecular flexibility index (Phi) is 3.39. The lowest BCUT2D eigenvalue weighted by molar-refractivity contribution is -0.124. The molecule has 2 aromatic rings. The Morgan fingerprint density at radius 2 is 2.15 bits per heavy atom. The van der Waals surface area contributed by atoms with Gasteiger partial charge in [0.15, 0.2) is 5.78 Å². The van der Waals surface area contributed by atoms with Crippen LogP contribution in [0, 0.1) is 17.8 Å². The van der Waals surface area contributed by atoms with Crippen LogP contribution in [0.4, 0.5) is 0 Å². The lowest BCUT2D eigenvalue weighted by Gasteiger charge is -2.37. The summed E-state index contributed by atoms with van der Waals surface area (Å²) in [5.74, 6) is 1.31. The van der Waals surface area contributed by atoms with Crippen molar-refractivity contribution in [3.05, 3.63) is 59.9 Å². The molecular formula is C21H20N2O3. The van der Waals surface area contributed by atoms with Gasteiger partial charge in [-0.2, -0.15) is 0 Å². The molecule has 5 nitrogen and oxygen atoms in total. The molecule has 132 valence electrons. The molecule has 0 radical (unpaired) electrons. The zero-order valence-electron chi connectivity index (χ0n) is 14.4. The summed E-state index contributed by atoms with van der Waals surface area (Å²) in [5, 5.41) is 3.02. The smallest absolute Gasteiger partial charge is 0.224 e. The average molecular weight is 348 g/mol. The first-order chi connectivity index (χ1) is 12.7. The van der Waals surface area contributed by atoms with Gasteiger partial charge in [0.2, 0.25) is 5.91 Å². The predicted molar refractivity (Wildman–Crippen MR) is 94.5 cm³/mol. The molecule has 1 spiro atoms. The highest BCUT2D eigenvalue weighted by molar-refractivity contribution is 6.00. The van der Waals surface area contributed by atoms with Crippen molar-refractivity contribution in [2.45, 2.75) is 31.4 Å². The van der Waals surface area contributed by atoms with Crippen LogP contribution < -0.4 is 10.1 Å². The maximum Gasteiger partial charge on any atom is 0.224 e. The first-order valence-electron chi connectivity index (χ1n) is 9.16. The molecule has 5 rings (SSSR count). The number of fused-ring (bicyclic) bond motifs is 3. The number of benzene rings is 1. The number of pyridine rings is 1. The number of Topliss-reactive ketones (excluding diaryl/α,β-unsaturated/α-hetero) is 1. The molecule has 0 saturated heterocycles. The number of hydrogen-bond acceptors (Lipinski definition) is 4. The Hall–Kier alpha value is -2.69. The highest BCUT2D eigenvalue weighted by atomic mass is 16.5. The van der Waals surface area contributed by atoms with Crippen molar-refractivity contribution in [1.82, 2.24) is 10.3 Å². The van der Waals surface area contributed by atoms with Crippen LogP contribution in [0.1, 0.15) is 35.2 Å². The Labute approximate surface area is 151 Å². The van der Waals surface area contributed by atoms with Gasteiger partial charge < -0.3 is 10.1 Å². The molecular weight excluding hydrogens is 328 g/mol. The molecule has 2 aliphatic carbocycles. The minimum Gasteiger partial charge on any atom is -0.486 e. The Balaban J connectivity index is 1.31. The number of ketones is 1. The second kappa shape index (κ2) is 5.66. The van der Waals surface area contributed by atoms with Gasteiger partial charge in [0.25, 0.3) is 0 Å². The van der Waals surface area contributed by atoms with E-state index in [4.69, 9.17) is 4.74 Å². The minimum atomic E-state index is -0.494. The molecule has 1 N–H and O–H groups in total. The van der Waals surface area contributed by atoms with Crippen molar-refractivity contribution in [3.8, 4) is 5.75 Å². The van der Waals surface area contributed by atoms with E-state index in [2.05, 4.69) is 10.3 Å². The highest BCUT2D eigenvalue weighted by Crippen LogP contribution is 2.65. The fourth-order valence-corrected chi connectivity index (χ4v) is 4.93. The number of amides is 1. The molecule has 0 bridgehead atoms. The quantitative estimate of drug-likeness (QED) is 0.926. The van der Waals surface area contributed by atoms with Crippen LogP contribution in [0.15, 0.2) is 48.8 Å². The number of nitrogens with zero attached hydrogens (tertiary/aromatic N) is 1. The van der Waals surface area contributed by atoms with Crippen LogP contribution in [0.3, 0.4) is 0 Å². The predicted octanol–water partition coefficient (Wildman–Crippen LogP) is 2.76. The number of rotatable bonds is 3. The van der Waals surface area contributed by atoms with Crippen LogP contribution in [-0.2, 0) is 11.3 Å². The highest BCUT2D eigenvalue weighted by Gasteiger charge is 2.70. The maximum absolute atomic E-state index is 12.7. The molecule has 1 aliphatic heterocycles. The number of carbonyl (C=O) groups excluding carboxylic acids is 2. The topological polar surface area (TPSA) is 68.3 Å². The summed E-state index contributed by atoms with van der Waals surface area (Å²) in [6.45, 7) is 0.484. The van der Waals surface area contributed by atoms with Gasteiger partial charge in [0.1, 0.15) is 11.4 Å². The number of hydrogen-bond donors (Lipinski definition) is 1. The van der Waals surface area contributed by atoms with E-state index in [0.717, 1.165) is 18.4 Å². The van der Waals surface area contributed by atoms with Crippen molar-refractivity contribution in [3.63, 3.8) is 0 Å². The fraction of sp³-hybridized carbons (Fsp3) is 0.381. The lowest BCUT2D eigenvalue weighted by atomic mass is 9.84. The van der Waals surface area contributed by atoms with E-state index < -0.39 is 5.60 Å². The summed E-state index contributed by atoms with van der Waals surface area (Å²) in [5.41, 5.74) is 1.16. The number of nitrogens with one attached hydrogen (secondary N) is 1. The van der Waals surface area contributed by atoms with Gasteiger partial charge in [-0.05, 0) is 42.5 Å². The Morgan fingerprint density at radius 1 is 1.27 bits per heavy atom. The molecule has 3 aliphatic rings. The third kappa shape index (κ3) is 2.34. The van der Waals surface area contributed by atoms with Crippen LogP contribution in [0.5, 0.6) is 5.75 Å². The third-order valence-electron chi connectivity index (χ3n) is 6.13. The molecule has 1 aromatic heterocycles. The SMILES string of the molecule is O=C1C[C@]2(CC[C@@H]3[C@@H](C(=O)NCc4cccnc4)[C@@H]32)Oc2ccccc21. The summed E-state index contributed by atoms with van der Waals surface area (Å²) in [7, 11) is 0. The second-order valence-electron chi connectivity index (χ2n) is 7.60. The fourth-order valence-electron chi connectivity index (χ4n) is 4.93. The minimum absolute atomic E-state index is 0.0431. The van der Waals surface area contributed by atoms with Gasteiger partial charge in [-0.3, -0.25) is 14.6 Å². The number of carbonyl (C=O) groups is 2. The normalized spacial score (nSPS) is 31.1. The molecule has 0 unspecified atom stereocenters. The number of aromatic nitrogens is 1. The van der Waals surface area contributed by atoms with Crippen molar-refractivity contribution in [2.24, 2.45) is 17.8 Å². The van der Waals surface area contributed by atoms with Crippen LogP contribution in [0.25, 0.3) is 0 Å². The molecule has 2 fully saturated rings. The van der Waals surface area contributed by atoms with E-state index in [1.54, 1.807) is 12.4 Å². The van der Waals surface area contributed by atoms with Crippen LogP contribution in [-0.4, -0.2) is 22.3 Å². The first-order valence-corrected chi connectivity index (χ1v) is 9.16. The van der Waals surface area contributed by atoms with Gasteiger partial charge in [0, 0.05) is 30.8 Å². The Bertz CT molecular complexity index is 882. The summed E-state index contributed by atoms with van der Waals surface area (Å²) >= 11 is 0. The molecule has 4 atom stereocenters. The standard InChI is InChI=1S/C21H20N2O3/c24-16-10-21(26-17-6-2-1-5-14(16)17)8-7-15-18(19(15)21)20(25)23-12-13-4-3-9-22-11-13/h1-6,9,11,15,18-19H,7-8,10,12H2,(H,23,25)/t15-,18-,19-,21+/m1/s1. The lowest BCUT2D eigenvalue weighted by Crippen LogP contribution is -2.44. The van der Waals surface area contributed by atoms with E-state index in [1.165, 1.54) is 0 Å². The van der Waals surface area contributed by atoms with Crippen LogP contribution >= 0.6 is 0 Å². The second-order valence-corrected chi connectivity index (χ2v) is 7.60. The zero-order valence-corrected chi connectivity index (χ0v) is 14.4. The maximum atomic E-state index is 12.7. The molecule has 2 saturated carbocycles. The van der Waals surface area contributed by atoms with Crippen LogP contribution in [0.2, 0.25) is 0 Å². The van der Waals surface area contributed by atoms with Gasteiger partial charge in [-0.1, -0.05) is 18.2 Å². The largest absolute Gasteiger partial charge is 0.486 e. The molecule has 1 amide bonds. The van der Waals surface area contributed by atoms with Gasteiger partial charge >= 0.3 is 0 Å². The summed E-state index contributed by atoms with van der Waals surface area (Å²) in [4.78, 5) is 29.4. The van der Waals surface area contributed by atoms with Gasteiger partial charge in [-0.25, -0.2) is 0 Å². The Morgan fingerprint density at radius 3 is 3.00 bits per heavy atom.